The summed E-state index contributed by atoms with van der Waals surface area (Å²) in [4.78, 5) is 21.8. The number of allylic oxidation sites excluding steroid dienone is 1. The van der Waals surface area contributed by atoms with Gasteiger partial charge in [-0.05, 0) is 26.0 Å². The van der Waals surface area contributed by atoms with Gasteiger partial charge in [0.05, 0.1) is 13.2 Å². The van der Waals surface area contributed by atoms with Crippen molar-refractivity contribution < 1.29 is 13.9 Å². The molecule has 4 heteroatoms. The number of carbonyl (C=O) groups excluding carboxylic acids is 1. The Labute approximate surface area is 87.2 Å². The van der Waals surface area contributed by atoms with Crippen molar-refractivity contribution in [3.8, 4) is 5.75 Å². The molecule has 15 heavy (non-hydrogen) atoms. The van der Waals surface area contributed by atoms with Gasteiger partial charge in [0.15, 0.2) is 5.78 Å². The molecule has 0 fully saturated rings. The third-order valence-corrected chi connectivity index (χ3v) is 1.89. The monoisotopic (exact) mass is 208 g/mol. The van der Waals surface area contributed by atoms with Crippen molar-refractivity contribution in [1.82, 2.24) is 0 Å². The molecule has 0 radical (unpaired) electrons. The van der Waals surface area contributed by atoms with E-state index in [-0.39, 0.29) is 5.78 Å². The summed E-state index contributed by atoms with van der Waals surface area (Å²) in [6.07, 6.45) is 2.80. The van der Waals surface area contributed by atoms with Gasteiger partial charge < -0.3 is 9.15 Å². The van der Waals surface area contributed by atoms with Crippen LogP contribution in [0.3, 0.4) is 0 Å². The van der Waals surface area contributed by atoms with Crippen LogP contribution in [0.15, 0.2) is 21.4 Å². The number of ketones is 1. The normalized spacial score (nSPS) is 10.6. The zero-order chi connectivity index (χ0) is 11.4. The van der Waals surface area contributed by atoms with E-state index in [1.165, 1.54) is 32.3 Å². The van der Waals surface area contributed by atoms with Crippen LogP contribution in [0.1, 0.15) is 18.2 Å². The molecule has 0 spiro atoms. The summed E-state index contributed by atoms with van der Waals surface area (Å²) >= 11 is 0. The topological polar surface area (TPSA) is 56.5 Å². The quantitative estimate of drug-likeness (QED) is 0.707. The predicted molar refractivity (Wildman–Crippen MR) is 56.0 cm³/mol. The molecule has 0 aromatic carbocycles. The van der Waals surface area contributed by atoms with E-state index in [1.807, 2.05) is 0 Å². The predicted octanol–water partition coefficient (Wildman–Crippen LogP) is 1.56. The third-order valence-electron chi connectivity index (χ3n) is 1.89. The van der Waals surface area contributed by atoms with E-state index in [9.17, 15) is 9.59 Å². The highest BCUT2D eigenvalue weighted by atomic mass is 16.5. The van der Waals surface area contributed by atoms with Crippen molar-refractivity contribution >= 4 is 11.9 Å². The number of rotatable bonds is 3. The Morgan fingerprint density at radius 1 is 1.53 bits per heavy atom. The first-order chi connectivity index (χ1) is 7.04. The van der Waals surface area contributed by atoms with Crippen molar-refractivity contribution in [3.05, 3.63) is 33.9 Å². The first kappa shape index (κ1) is 11.2. The van der Waals surface area contributed by atoms with Gasteiger partial charge in [0.25, 0.3) is 0 Å². The molecule has 0 N–H and O–H groups in total. The van der Waals surface area contributed by atoms with Crippen molar-refractivity contribution in [2.75, 3.05) is 7.11 Å². The average molecular weight is 208 g/mol. The first-order valence-corrected chi connectivity index (χ1v) is 4.42. The van der Waals surface area contributed by atoms with E-state index in [1.54, 1.807) is 6.92 Å². The minimum atomic E-state index is -0.499. The molecule has 0 saturated heterocycles. The summed E-state index contributed by atoms with van der Waals surface area (Å²) in [6.45, 7) is 3.17. The van der Waals surface area contributed by atoms with Crippen LogP contribution in [-0.4, -0.2) is 12.9 Å². The summed E-state index contributed by atoms with van der Waals surface area (Å²) in [7, 11) is 1.47. The maximum Gasteiger partial charge on any atom is 0.339 e. The molecule has 4 nitrogen and oxygen atoms in total. The minimum absolute atomic E-state index is 0.111. The van der Waals surface area contributed by atoms with Crippen LogP contribution in [-0.2, 0) is 4.79 Å². The fraction of sp³-hybridized carbons (Fsp3) is 0.273. The van der Waals surface area contributed by atoms with Crippen LogP contribution in [0.5, 0.6) is 5.75 Å². The second kappa shape index (κ2) is 4.59. The number of ether oxygens (including phenoxy) is 1. The molecule has 1 aromatic heterocycles. The number of hydrogen-bond acceptors (Lipinski definition) is 4. The summed E-state index contributed by atoms with van der Waals surface area (Å²) in [6, 6.07) is 1.26. The Balaban J connectivity index is 3.23. The second-order valence-electron chi connectivity index (χ2n) is 3.07. The lowest BCUT2D eigenvalue weighted by atomic mass is 10.2. The second-order valence-corrected chi connectivity index (χ2v) is 3.07. The molecule has 0 aliphatic rings. The third kappa shape index (κ3) is 2.80. The number of methoxy groups -OCH3 is 1. The van der Waals surface area contributed by atoms with Crippen LogP contribution in [0.25, 0.3) is 6.08 Å². The molecule has 1 aromatic rings. The Bertz CT molecular complexity index is 454. The molecule has 0 atom stereocenters. The maximum atomic E-state index is 11.1. The summed E-state index contributed by atoms with van der Waals surface area (Å²) in [5, 5.41) is 0. The average Bonchev–Trinajstić information content (AvgIpc) is 2.18. The fourth-order valence-electron chi connectivity index (χ4n) is 1.12. The van der Waals surface area contributed by atoms with E-state index in [4.69, 9.17) is 9.15 Å². The summed E-state index contributed by atoms with van der Waals surface area (Å²) in [5.74, 6) is 0.684. The largest absolute Gasteiger partial charge is 0.496 e. The van der Waals surface area contributed by atoms with Crippen LogP contribution in [0, 0.1) is 6.92 Å². The van der Waals surface area contributed by atoms with E-state index in [2.05, 4.69) is 0 Å². The number of carbonyl (C=O) groups is 1. The molecule has 0 aliphatic carbocycles. The van der Waals surface area contributed by atoms with Crippen molar-refractivity contribution in [2.45, 2.75) is 13.8 Å². The van der Waals surface area contributed by atoms with Gasteiger partial charge in [-0.1, -0.05) is 0 Å². The Morgan fingerprint density at radius 2 is 2.20 bits per heavy atom. The van der Waals surface area contributed by atoms with Gasteiger partial charge in [0.1, 0.15) is 11.5 Å². The SMILES string of the molecule is COc1cc(=O)oc(C=CC(C)=O)c1C. The molecule has 0 aliphatic heterocycles. The van der Waals surface area contributed by atoms with Crippen LogP contribution >= 0.6 is 0 Å². The highest BCUT2D eigenvalue weighted by molar-refractivity contribution is 5.91. The molecular formula is C11H12O4. The Morgan fingerprint density at radius 3 is 2.73 bits per heavy atom. The van der Waals surface area contributed by atoms with E-state index in [0.29, 0.717) is 17.1 Å². The Hall–Kier alpha value is -1.84. The van der Waals surface area contributed by atoms with E-state index < -0.39 is 5.63 Å². The first-order valence-electron chi connectivity index (χ1n) is 4.42. The fourth-order valence-corrected chi connectivity index (χ4v) is 1.12. The highest BCUT2D eigenvalue weighted by Crippen LogP contribution is 2.19. The lowest BCUT2D eigenvalue weighted by Crippen LogP contribution is -2.02. The lowest BCUT2D eigenvalue weighted by molar-refractivity contribution is -0.112. The zero-order valence-corrected chi connectivity index (χ0v) is 8.87. The van der Waals surface area contributed by atoms with Crippen LogP contribution < -0.4 is 10.4 Å². The van der Waals surface area contributed by atoms with Crippen LogP contribution in [0.2, 0.25) is 0 Å². The molecule has 0 bridgehead atoms. The minimum Gasteiger partial charge on any atom is -0.496 e. The molecule has 1 rings (SSSR count). The summed E-state index contributed by atoms with van der Waals surface area (Å²) < 4.78 is 9.92. The van der Waals surface area contributed by atoms with Crippen molar-refractivity contribution in [2.24, 2.45) is 0 Å². The Kier molecular flexibility index (Phi) is 3.44. The van der Waals surface area contributed by atoms with E-state index >= 15 is 0 Å². The standard InChI is InChI=1S/C11H12O4/c1-7(12)4-5-9-8(2)10(14-3)6-11(13)15-9/h4-6H,1-3H3. The van der Waals surface area contributed by atoms with Crippen molar-refractivity contribution in [3.63, 3.8) is 0 Å². The van der Waals surface area contributed by atoms with Gasteiger partial charge in [-0.15, -0.1) is 0 Å². The molecular weight excluding hydrogens is 196 g/mol. The molecule has 1 heterocycles. The highest BCUT2D eigenvalue weighted by Gasteiger charge is 2.06. The molecule has 0 amide bonds. The molecule has 0 saturated carbocycles. The van der Waals surface area contributed by atoms with Gasteiger partial charge in [-0.25, -0.2) is 4.79 Å². The molecule has 0 unspecified atom stereocenters. The molecule has 80 valence electrons. The number of hydrogen-bond donors (Lipinski definition) is 0. The van der Waals surface area contributed by atoms with Gasteiger partial charge >= 0.3 is 5.63 Å². The van der Waals surface area contributed by atoms with E-state index in [0.717, 1.165) is 0 Å². The van der Waals surface area contributed by atoms with Gasteiger partial charge in [0.2, 0.25) is 0 Å². The summed E-state index contributed by atoms with van der Waals surface area (Å²) in [5.41, 5.74) is 0.190. The van der Waals surface area contributed by atoms with Gasteiger partial charge in [0, 0.05) is 5.56 Å². The zero-order valence-electron chi connectivity index (χ0n) is 8.87. The van der Waals surface area contributed by atoms with Crippen molar-refractivity contribution in [1.29, 1.82) is 0 Å². The smallest absolute Gasteiger partial charge is 0.339 e. The van der Waals surface area contributed by atoms with Gasteiger partial charge in [-0.2, -0.15) is 0 Å². The van der Waals surface area contributed by atoms with Gasteiger partial charge in [-0.3, -0.25) is 4.79 Å². The maximum absolute atomic E-state index is 11.1. The van der Waals surface area contributed by atoms with Crippen LogP contribution in [0.4, 0.5) is 0 Å². The lowest BCUT2D eigenvalue weighted by Gasteiger charge is -2.04.